The number of amides is 1. The van der Waals surface area contributed by atoms with E-state index < -0.39 is 24.3 Å². The van der Waals surface area contributed by atoms with Gasteiger partial charge in [0.15, 0.2) is 0 Å². The largest absolute Gasteiger partial charge is 0.432 e. The third-order valence-electron chi connectivity index (χ3n) is 3.09. The third-order valence-corrected chi connectivity index (χ3v) is 3.68. The van der Waals surface area contributed by atoms with Crippen LogP contribution in [-0.2, 0) is 10.3 Å². The molecule has 8 heteroatoms. The first-order chi connectivity index (χ1) is 9.33. The van der Waals surface area contributed by atoms with Gasteiger partial charge in [-0.15, -0.1) is 11.6 Å². The van der Waals surface area contributed by atoms with Crippen molar-refractivity contribution in [3.63, 3.8) is 0 Å². The van der Waals surface area contributed by atoms with Crippen molar-refractivity contribution < 1.29 is 22.7 Å². The molecule has 1 aliphatic rings. The van der Waals surface area contributed by atoms with E-state index in [1.807, 2.05) is 0 Å². The average molecular weight is 328 g/mol. The predicted octanol–water partition coefficient (Wildman–Crippen LogP) is 4.57. The maximum Gasteiger partial charge on any atom is 0.432 e. The number of carbonyl (C=O) groups excluding carboxylic acids is 1. The lowest BCUT2D eigenvalue weighted by Crippen LogP contribution is -2.51. The molecule has 1 amide bonds. The van der Waals surface area contributed by atoms with Crippen LogP contribution in [0.1, 0.15) is 18.4 Å². The van der Waals surface area contributed by atoms with Crippen LogP contribution in [0.15, 0.2) is 24.3 Å². The number of cyclic esters (lactones) is 1. The first kappa shape index (κ1) is 15.3. The van der Waals surface area contributed by atoms with Gasteiger partial charge in [-0.3, -0.25) is 0 Å². The summed E-state index contributed by atoms with van der Waals surface area (Å²) in [5.74, 6) is 0.0299. The normalized spacial score (nSPS) is 22.4. The molecule has 0 spiro atoms. The van der Waals surface area contributed by atoms with Gasteiger partial charge in [-0.05, 0) is 12.5 Å². The summed E-state index contributed by atoms with van der Waals surface area (Å²) in [6.45, 7) is 0. The molecule has 0 radical (unpaired) electrons. The van der Waals surface area contributed by atoms with Crippen LogP contribution < -0.4 is 4.42 Å². The first-order valence-corrected chi connectivity index (χ1v) is 6.62. The Hall–Kier alpha value is -1.14. The molecule has 110 valence electrons. The molecular formula is C12H10Cl2F3NO2. The number of hydrogen-bond acceptors (Lipinski definition) is 2. The number of para-hydroxylation sites is 1. The van der Waals surface area contributed by atoms with E-state index >= 15 is 0 Å². The highest BCUT2D eigenvalue weighted by Gasteiger charge is 2.62. The van der Waals surface area contributed by atoms with Crippen LogP contribution in [0.4, 0.5) is 23.7 Å². The number of hydrogen-bond donors (Lipinski definition) is 0. The molecule has 1 heterocycles. The molecule has 2 rings (SSSR count). The van der Waals surface area contributed by atoms with Crippen LogP contribution in [0.3, 0.4) is 0 Å². The number of fused-ring (bicyclic) bond motifs is 1. The number of rotatable bonds is 3. The number of ether oxygens (including phenoxy) is 1. The SMILES string of the molecule is O=C1OC(CCCCl)(C(F)(F)F)c2ccccc2N1Cl. The van der Waals surface area contributed by atoms with Crippen molar-refractivity contribution >= 4 is 35.2 Å². The number of benzene rings is 1. The van der Waals surface area contributed by atoms with Crippen molar-refractivity contribution in [2.45, 2.75) is 24.6 Å². The second kappa shape index (κ2) is 5.33. The molecule has 0 N–H and O–H groups in total. The summed E-state index contributed by atoms with van der Waals surface area (Å²) >= 11 is 11.2. The molecule has 0 saturated heterocycles. The zero-order valence-electron chi connectivity index (χ0n) is 10.1. The van der Waals surface area contributed by atoms with Crippen LogP contribution in [0.25, 0.3) is 0 Å². The number of anilines is 1. The second-order valence-corrected chi connectivity index (χ2v) is 5.00. The van der Waals surface area contributed by atoms with Crippen molar-refractivity contribution in [1.82, 2.24) is 0 Å². The topological polar surface area (TPSA) is 29.5 Å². The highest BCUT2D eigenvalue weighted by atomic mass is 35.5. The van der Waals surface area contributed by atoms with E-state index in [-0.39, 0.29) is 23.6 Å². The van der Waals surface area contributed by atoms with E-state index in [9.17, 15) is 18.0 Å². The maximum absolute atomic E-state index is 13.5. The third kappa shape index (κ3) is 2.31. The van der Waals surface area contributed by atoms with Gasteiger partial charge in [0.25, 0.3) is 0 Å². The molecule has 1 aromatic carbocycles. The van der Waals surface area contributed by atoms with Crippen LogP contribution in [-0.4, -0.2) is 18.1 Å². The minimum Gasteiger partial charge on any atom is -0.427 e. The molecule has 20 heavy (non-hydrogen) atoms. The summed E-state index contributed by atoms with van der Waals surface area (Å²) in [5.41, 5.74) is -2.93. The zero-order chi connectivity index (χ0) is 15.0. The van der Waals surface area contributed by atoms with Crippen LogP contribution >= 0.6 is 23.4 Å². The summed E-state index contributed by atoms with van der Waals surface area (Å²) in [6, 6.07) is 5.52. The smallest absolute Gasteiger partial charge is 0.427 e. The number of alkyl halides is 4. The predicted molar refractivity (Wildman–Crippen MR) is 68.9 cm³/mol. The molecule has 0 fully saturated rings. The monoisotopic (exact) mass is 327 g/mol. The van der Waals surface area contributed by atoms with Gasteiger partial charge in [-0.2, -0.15) is 17.6 Å². The quantitative estimate of drug-likeness (QED) is 0.601. The van der Waals surface area contributed by atoms with E-state index in [1.54, 1.807) is 0 Å². The Kier molecular flexibility index (Phi) is 4.07. The van der Waals surface area contributed by atoms with Crippen molar-refractivity contribution in [2.75, 3.05) is 10.3 Å². The van der Waals surface area contributed by atoms with Gasteiger partial charge in [-0.25, -0.2) is 4.79 Å². The summed E-state index contributed by atoms with van der Waals surface area (Å²) in [4.78, 5) is 11.6. The van der Waals surface area contributed by atoms with Crippen LogP contribution in [0, 0.1) is 0 Å². The Morgan fingerprint density at radius 3 is 2.55 bits per heavy atom. The molecule has 1 unspecified atom stereocenters. The Morgan fingerprint density at radius 1 is 1.30 bits per heavy atom. The maximum atomic E-state index is 13.5. The molecule has 1 aromatic rings. The lowest BCUT2D eigenvalue weighted by Gasteiger charge is -2.41. The minimum absolute atomic E-state index is 0.0299. The lowest BCUT2D eigenvalue weighted by atomic mass is 9.86. The van der Waals surface area contributed by atoms with Crippen LogP contribution in [0.5, 0.6) is 0 Å². The Bertz CT molecular complexity index is 524. The van der Waals surface area contributed by atoms with Gasteiger partial charge < -0.3 is 4.74 Å². The van der Waals surface area contributed by atoms with Crippen molar-refractivity contribution in [3.8, 4) is 0 Å². The van der Waals surface area contributed by atoms with E-state index in [0.29, 0.717) is 4.42 Å². The van der Waals surface area contributed by atoms with Crippen molar-refractivity contribution in [2.24, 2.45) is 0 Å². The minimum atomic E-state index is -4.76. The molecular weight excluding hydrogens is 318 g/mol. The van der Waals surface area contributed by atoms with Gasteiger partial charge in [0.1, 0.15) is 0 Å². The van der Waals surface area contributed by atoms with Gasteiger partial charge in [0, 0.05) is 29.6 Å². The zero-order valence-corrected chi connectivity index (χ0v) is 11.6. The fourth-order valence-corrected chi connectivity index (χ4v) is 2.50. The summed E-state index contributed by atoms with van der Waals surface area (Å²) in [6.07, 6.45) is -6.42. The van der Waals surface area contributed by atoms with Gasteiger partial charge >= 0.3 is 12.3 Å². The number of nitrogens with zero attached hydrogens (tertiary/aromatic N) is 1. The molecule has 1 aliphatic heterocycles. The molecule has 0 bridgehead atoms. The van der Waals surface area contributed by atoms with E-state index in [1.165, 1.54) is 24.3 Å². The lowest BCUT2D eigenvalue weighted by molar-refractivity contribution is -0.267. The number of carbonyl (C=O) groups is 1. The molecule has 0 saturated carbocycles. The summed E-state index contributed by atoms with van der Waals surface area (Å²) < 4.78 is 45.7. The molecule has 3 nitrogen and oxygen atoms in total. The van der Waals surface area contributed by atoms with E-state index in [4.69, 9.17) is 23.4 Å². The summed E-state index contributed by atoms with van der Waals surface area (Å²) in [7, 11) is 0. The Labute approximate surface area is 123 Å². The Morgan fingerprint density at radius 2 is 1.95 bits per heavy atom. The second-order valence-electron chi connectivity index (χ2n) is 4.28. The standard InChI is InChI=1S/C12H10Cl2F3NO2/c13-7-3-6-11(12(15,16)17)8-4-1-2-5-9(8)18(14)10(19)20-11/h1-2,4-5H,3,6-7H2. The Balaban J connectivity index is 2.62. The average Bonchev–Trinajstić information content (AvgIpc) is 2.40. The van der Waals surface area contributed by atoms with Crippen molar-refractivity contribution in [1.29, 1.82) is 0 Å². The fourth-order valence-electron chi connectivity index (χ4n) is 2.18. The molecule has 1 atom stereocenters. The van der Waals surface area contributed by atoms with Gasteiger partial charge in [-0.1, -0.05) is 18.2 Å². The van der Waals surface area contributed by atoms with Crippen LogP contribution in [0.2, 0.25) is 0 Å². The van der Waals surface area contributed by atoms with Crippen molar-refractivity contribution in [3.05, 3.63) is 29.8 Å². The number of halogens is 5. The highest BCUT2D eigenvalue weighted by molar-refractivity contribution is 6.36. The molecule has 0 aliphatic carbocycles. The van der Waals surface area contributed by atoms with Gasteiger partial charge in [0.05, 0.1) is 5.69 Å². The fraction of sp³-hybridized carbons (Fsp3) is 0.417. The van der Waals surface area contributed by atoms with E-state index in [0.717, 1.165) is 0 Å². The molecule has 0 aromatic heterocycles. The highest BCUT2D eigenvalue weighted by Crippen LogP contribution is 2.51. The van der Waals surface area contributed by atoms with Gasteiger partial charge in [0.2, 0.25) is 5.60 Å². The van der Waals surface area contributed by atoms with E-state index in [2.05, 4.69) is 4.74 Å². The first-order valence-electron chi connectivity index (χ1n) is 5.74. The summed E-state index contributed by atoms with van der Waals surface area (Å²) in [5, 5.41) is 0.